The number of aryl methyl sites for hydroxylation is 2. The molecule has 0 unspecified atom stereocenters. The zero-order valence-corrected chi connectivity index (χ0v) is 15.2. The molecule has 0 atom stereocenters. The van der Waals surface area contributed by atoms with Crippen LogP contribution in [-0.4, -0.2) is 26.2 Å². The number of halogens is 2. The molecule has 2 nitrogen and oxygen atoms in total. The van der Waals surface area contributed by atoms with Crippen molar-refractivity contribution in [2.75, 3.05) is 31.1 Å². The van der Waals surface area contributed by atoms with Crippen LogP contribution in [0.1, 0.15) is 16.7 Å². The van der Waals surface area contributed by atoms with E-state index in [4.69, 9.17) is 23.2 Å². The van der Waals surface area contributed by atoms with Gasteiger partial charge in [0.15, 0.2) is 0 Å². The van der Waals surface area contributed by atoms with Crippen LogP contribution in [0.2, 0.25) is 10.0 Å². The van der Waals surface area contributed by atoms with Crippen LogP contribution in [-0.2, 0) is 6.54 Å². The molecule has 1 heterocycles. The molecule has 2 aromatic carbocycles. The number of hydrogen-bond acceptors (Lipinski definition) is 1. The zero-order valence-electron chi connectivity index (χ0n) is 13.7. The SMILES string of the molecule is Cc1ccc(C)c(N2CC[NH+](Cc3ccc(Cl)cc3Cl)CC2)c1. The lowest BCUT2D eigenvalue weighted by Gasteiger charge is -2.34. The number of quaternary nitrogens is 1. The van der Waals surface area contributed by atoms with E-state index in [-0.39, 0.29) is 0 Å². The van der Waals surface area contributed by atoms with Crippen LogP contribution >= 0.6 is 23.2 Å². The van der Waals surface area contributed by atoms with E-state index in [0.717, 1.165) is 37.7 Å². The van der Waals surface area contributed by atoms with Gasteiger partial charge in [-0.25, -0.2) is 0 Å². The van der Waals surface area contributed by atoms with Crippen molar-refractivity contribution in [1.29, 1.82) is 0 Å². The summed E-state index contributed by atoms with van der Waals surface area (Å²) < 4.78 is 0. The Labute approximate surface area is 148 Å². The molecule has 1 fully saturated rings. The van der Waals surface area contributed by atoms with E-state index in [2.05, 4.69) is 43.0 Å². The maximum Gasteiger partial charge on any atom is 0.104 e. The molecule has 122 valence electrons. The Morgan fingerprint density at radius 3 is 2.43 bits per heavy atom. The molecular weight excluding hydrogens is 327 g/mol. The second-order valence-corrected chi connectivity index (χ2v) is 7.28. The number of nitrogens with one attached hydrogen (secondary N) is 1. The topological polar surface area (TPSA) is 7.68 Å². The molecule has 2 aromatic rings. The van der Waals surface area contributed by atoms with Crippen molar-refractivity contribution in [2.45, 2.75) is 20.4 Å². The van der Waals surface area contributed by atoms with Crippen LogP contribution in [0.4, 0.5) is 5.69 Å². The third kappa shape index (κ3) is 4.00. The summed E-state index contributed by atoms with van der Waals surface area (Å²) in [5.74, 6) is 0. The highest BCUT2D eigenvalue weighted by Crippen LogP contribution is 2.22. The van der Waals surface area contributed by atoms with Crippen molar-refractivity contribution in [3.8, 4) is 0 Å². The zero-order chi connectivity index (χ0) is 16.4. The van der Waals surface area contributed by atoms with E-state index < -0.39 is 0 Å². The quantitative estimate of drug-likeness (QED) is 0.890. The fraction of sp³-hybridized carbons (Fsp3) is 0.368. The van der Waals surface area contributed by atoms with Crippen molar-refractivity contribution in [3.63, 3.8) is 0 Å². The first-order valence-corrected chi connectivity index (χ1v) is 8.88. The van der Waals surface area contributed by atoms with Gasteiger partial charge in [-0.3, -0.25) is 0 Å². The summed E-state index contributed by atoms with van der Waals surface area (Å²) in [4.78, 5) is 4.09. The molecule has 0 spiro atoms. The van der Waals surface area contributed by atoms with Crippen molar-refractivity contribution in [2.24, 2.45) is 0 Å². The van der Waals surface area contributed by atoms with E-state index in [1.54, 1.807) is 4.90 Å². The Morgan fingerprint density at radius 1 is 1.00 bits per heavy atom. The molecule has 0 amide bonds. The third-order valence-corrected chi connectivity index (χ3v) is 5.22. The van der Waals surface area contributed by atoms with E-state index >= 15 is 0 Å². The van der Waals surface area contributed by atoms with Gasteiger partial charge in [0.2, 0.25) is 0 Å². The van der Waals surface area contributed by atoms with Crippen LogP contribution in [0.25, 0.3) is 0 Å². The Morgan fingerprint density at radius 2 is 1.74 bits per heavy atom. The minimum Gasteiger partial charge on any atom is -0.360 e. The predicted molar refractivity (Wildman–Crippen MR) is 99.0 cm³/mol. The molecule has 0 radical (unpaired) electrons. The fourth-order valence-corrected chi connectivity index (χ4v) is 3.71. The first kappa shape index (κ1) is 16.6. The van der Waals surface area contributed by atoms with Crippen molar-refractivity contribution in [1.82, 2.24) is 0 Å². The molecule has 1 aliphatic rings. The summed E-state index contributed by atoms with van der Waals surface area (Å²) in [7, 11) is 0. The summed E-state index contributed by atoms with van der Waals surface area (Å²) in [5.41, 5.74) is 5.26. The van der Waals surface area contributed by atoms with Crippen molar-refractivity contribution < 1.29 is 4.90 Å². The van der Waals surface area contributed by atoms with Gasteiger partial charge in [0.25, 0.3) is 0 Å². The van der Waals surface area contributed by atoms with Gasteiger partial charge >= 0.3 is 0 Å². The molecule has 0 saturated carbocycles. The highest BCUT2D eigenvalue weighted by molar-refractivity contribution is 6.35. The van der Waals surface area contributed by atoms with Crippen LogP contribution in [0.3, 0.4) is 0 Å². The van der Waals surface area contributed by atoms with E-state index in [1.807, 2.05) is 12.1 Å². The Bertz CT molecular complexity index is 692. The molecule has 1 saturated heterocycles. The van der Waals surface area contributed by atoms with E-state index in [9.17, 15) is 0 Å². The highest BCUT2D eigenvalue weighted by Gasteiger charge is 2.22. The standard InChI is InChI=1S/C19H22Cl2N2/c1-14-3-4-15(2)19(11-14)23-9-7-22(8-10-23)13-16-5-6-17(20)12-18(16)21/h3-6,11-12H,7-10,13H2,1-2H3/p+1. The lowest BCUT2D eigenvalue weighted by atomic mass is 10.1. The van der Waals surface area contributed by atoms with E-state index in [0.29, 0.717) is 5.02 Å². The van der Waals surface area contributed by atoms with Gasteiger partial charge in [0, 0.05) is 16.3 Å². The maximum atomic E-state index is 6.30. The second kappa shape index (κ2) is 7.12. The molecule has 0 bridgehead atoms. The molecule has 23 heavy (non-hydrogen) atoms. The summed E-state index contributed by atoms with van der Waals surface area (Å²) in [6, 6.07) is 12.5. The van der Waals surface area contributed by atoms with Crippen LogP contribution in [0.5, 0.6) is 0 Å². The number of nitrogens with zero attached hydrogens (tertiary/aromatic N) is 1. The van der Waals surface area contributed by atoms with Crippen molar-refractivity contribution in [3.05, 3.63) is 63.1 Å². The number of hydrogen-bond donors (Lipinski definition) is 1. The van der Waals surface area contributed by atoms with Crippen molar-refractivity contribution >= 4 is 28.9 Å². The van der Waals surface area contributed by atoms with Gasteiger partial charge < -0.3 is 9.80 Å². The number of rotatable bonds is 3. The Hall–Kier alpha value is -1.22. The third-order valence-electron chi connectivity index (χ3n) is 4.63. The monoisotopic (exact) mass is 349 g/mol. The lowest BCUT2D eigenvalue weighted by molar-refractivity contribution is -0.914. The summed E-state index contributed by atoms with van der Waals surface area (Å²) in [6.07, 6.45) is 0. The summed E-state index contributed by atoms with van der Waals surface area (Å²) in [6.45, 7) is 9.76. The number of piperazine rings is 1. The minimum atomic E-state index is 0.702. The van der Waals surface area contributed by atoms with Crippen LogP contribution in [0.15, 0.2) is 36.4 Å². The molecule has 3 rings (SSSR count). The molecule has 1 N–H and O–H groups in total. The first-order chi connectivity index (χ1) is 11.0. The Kier molecular flexibility index (Phi) is 5.15. The fourth-order valence-electron chi connectivity index (χ4n) is 3.24. The average Bonchev–Trinajstić information content (AvgIpc) is 2.53. The first-order valence-electron chi connectivity index (χ1n) is 8.12. The number of benzene rings is 2. The minimum absolute atomic E-state index is 0.702. The Balaban J connectivity index is 1.63. The van der Waals surface area contributed by atoms with Crippen LogP contribution < -0.4 is 9.80 Å². The summed E-state index contributed by atoms with van der Waals surface area (Å²) >= 11 is 12.3. The van der Waals surface area contributed by atoms with Crippen LogP contribution in [0, 0.1) is 13.8 Å². The van der Waals surface area contributed by atoms with Gasteiger partial charge in [0.1, 0.15) is 6.54 Å². The van der Waals surface area contributed by atoms with Gasteiger partial charge in [-0.05, 0) is 43.2 Å². The lowest BCUT2D eigenvalue weighted by Crippen LogP contribution is -3.13. The van der Waals surface area contributed by atoms with Gasteiger partial charge in [-0.15, -0.1) is 0 Å². The maximum absolute atomic E-state index is 6.30. The molecule has 0 aliphatic carbocycles. The average molecular weight is 350 g/mol. The smallest absolute Gasteiger partial charge is 0.104 e. The van der Waals surface area contributed by atoms with Gasteiger partial charge in [-0.1, -0.05) is 41.4 Å². The normalized spacial score (nSPS) is 15.9. The molecule has 4 heteroatoms. The molecule has 1 aliphatic heterocycles. The van der Waals surface area contributed by atoms with E-state index in [1.165, 1.54) is 22.4 Å². The molecular formula is C19H23Cl2N2+. The van der Waals surface area contributed by atoms with Gasteiger partial charge in [-0.2, -0.15) is 0 Å². The summed E-state index contributed by atoms with van der Waals surface area (Å²) in [5, 5.41) is 1.48. The molecule has 0 aromatic heterocycles. The predicted octanol–water partition coefficient (Wildman–Crippen LogP) is 3.52. The number of anilines is 1. The largest absolute Gasteiger partial charge is 0.360 e. The van der Waals surface area contributed by atoms with Gasteiger partial charge in [0.05, 0.1) is 31.2 Å². The highest BCUT2D eigenvalue weighted by atomic mass is 35.5. The second-order valence-electron chi connectivity index (χ2n) is 6.44.